The fourth-order valence-corrected chi connectivity index (χ4v) is 0.331. The molecule has 9 heavy (non-hydrogen) atoms. The summed E-state index contributed by atoms with van der Waals surface area (Å²) in [5.74, 6) is 0. The molecule has 0 aliphatic heterocycles. The van der Waals surface area contributed by atoms with E-state index in [0.29, 0.717) is 0 Å². The summed E-state index contributed by atoms with van der Waals surface area (Å²) in [5, 5.41) is 0. The van der Waals surface area contributed by atoms with Crippen molar-refractivity contribution in [2.75, 3.05) is 0 Å². The molecular formula is C7H10ClN. The maximum Gasteiger partial charge on any atom is 0.0485 e. The molecule has 0 saturated carbocycles. The van der Waals surface area contributed by atoms with Crippen LogP contribution in [0.25, 0.3) is 0 Å². The largest absolute Gasteiger partial charge is 0.261 e. The number of allylic oxidation sites excluding steroid dienone is 3. The third-order valence-corrected chi connectivity index (χ3v) is 1.03. The molecule has 0 aromatic heterocycles. The summed E-state index contributed by atoms with van der Waals surface area (Å²) in [6, 6.07) is 0. The minimum atomic E-state index is 0.815. The van der Waals surface area contributed by atoms with Gasteiger partial charge in [0.1, 0.15) is 0 Å². The van der Waals surface area contributed by atoms with Crippen LogP contribution >= 0.6 is 11.6 Å². The lowest BCUT2D eigenvalue weighted by molar-refractivity contribution is 1.33. The summed E-state index contributed by atoms with van der Waals surface area (Å²) in [7, 11) is 0. The predicted octanol–water partition coefficient (Wildman–Crippen LogP) is 2.73. The number of aliphatic imine (C=N–C) groups is 1. The summed E-state index contributed by atoms with van der Waals surface area (Å²) in [6.07, 6.45) is 5.46. The molecule has 0 radical (unpaired) electrons. The number of halogens is 1. The molecule has 0 fully saturated rings. The van der Waals surface area contributed by atoms with Crippen molar-refractivity contribution in [3.8, 4) is 0 Å². The van der Waals surface area contributed by atoms with Gasteiger partial charge in [0.05, 0.1) is 0 Å². The Hall–Kier alpha value is -0.560. The van der Waals surface area contributed by atoms with E-state index >= 15 is 0 Å². The van der Waals surface area contributed by atoms with Crippen LogP contribution in [0.2, 0.25) is 0 Å². The van der Waals surface area contributed by atoms with Crippen molar-refractivity contribution in [2.24, 2.45) is 4.99 Å². The zero-order valence-corrected chi connectivity index (χ0v) is 6.39. The number of nitrogens with zero attached hydrogens (tertiary/aromatic N) is 1. The van der Waals surface area contributed by atoms with Crippen LogP contribution in [0.1, 0.15) is 13.8 Å². The first-order valence-electron chi connectivity index (χ1n) is 2.73. The number of hydrogen-bond donors (Lipinski definition) is 0. The molecular weight excluding hydrogens is 134 g/mol. The highest BCUT2D eigenvalue weighted by molar-refractivity contribution is 6.25. The summed E-state index contributed by atoms with van der Waals surface area (Å²) < 4.78 is 0. The predicted molar refractivity (Wildman–Crippen MR) is 42.9 cm³/mol. The lowest BCUT2D eigenvalue weighted by atomic mass is 10.5. The van der Waals surface area contributed by atoms with Gasteiger partial charge in [-0.1, -0.05) is 17.7 Å². The van der Waals surface area contributed by atoms with E-state index in [-0.39, 0.29) is 0 Å². The van der Waals surface area contributed by atoms with Gasteiger partial charge < -0.3 is 0 Å². The molecule has 0 aromatic carbocycles. The highest BCUT2D eigenvalue weighted by atomic mass is 35.5. The molecule has 50 valence electrons. The maximum absolute atomic E-state index is 5.33. The first-order chi connectivity index (χ1) is 4.31. The van der Waals surface area contributed by atoms with Crippen molar-refractivity contribution in [3.05, 3.63) is 23.4 Å². The lowest BCUT2D eigenvalue weighted by Gasteiger charge is -1.81. The van der Waals surface area contributed by atoms with Gasteiger partial charge in [-0.2, -0.15) is 0 Å². The second-order valence-electron chi connectivity index (χ2n) is 1.55. The minimum Gasteiger partial charge on any atom is -0.261 e. The van der Waals surface area contributed by atoms with Crippen LogP contribution in [0.3, 0.4) is 0 Å². The van der Waals surface area contributed by atoms with Crippen molar-refractivity contribution < 1.29 is 0 Å². The monoisotopic (exact) mass is 143 g/mol. The van der Waals surface area contributed by atoms with Crippen LogP contribution in [0.5, 0.6) is 0 Å². The van der Waals surface area contributed by atoms with Gasteiger partial charge in [-0.05, 0) is 19.9 Å². The van der Waals surface area contributed by atoms with Gasteiger partial charge >= 0.3 is 0 Å². The maximum atomic E-state index is 5.33. The lowest BCUT2D eigenvalue weighted by Crippen LogP contribution is -1.66. The van der Waals surface area contributed by atoms with E-state index in [1.807, 2.05) is 26.0 Å². The molecule has 0 aliphatic carbocycles. The van der Waals surface area contributed by atoms with E-state index in [9.17, 15) is 0 Å². The van der Waals surface area contributed by atoms with Crippen LogP contribution in [-0.4, -0.2) is 6.21 Å². The van der Waals surface area contributed by atoms with Gasteiger partial charge in [0.25, 0.3) is 0 Å². The van der Waals surface area contributed by atoms with Crippen LogP contribution in [-0.2, 0) is 0 Å². The van der Waals surface area contributed by atoms with Crippen molar-refractivity contribution in [3.63, 3.8) is 0 Å². The van der Waals surface area contributed by atoms with Crippen LogP contribution in [0.15, 0.2) is 28.4 Å². The van der Waals surface area contributed by atoms with Crippen molar-refractivity contribution in [2.45, 2.75) is 13.8 Å². The van der Waals surface area contributed by atoms with E-state index in [4.69, 9.17) is 11.6 Å². The number of rotatable bonds is 2. The van der Waals surface area contributed by atoms with Crippen molar-refractivity contribution >= 4 is 17.8 Å². The summed E-state index contributed by atoms with van der Waals surface area (Å²) >= 11 is 5.33. The molecule has 0 spiro atoms. The minimum absolute atomic E-state index is 0.815. The van der Waals surface area contributed by atoms with Gasteiger partial charge in [0, 0.05) is 17.4 Å². The fourth-order valence-electron chi connectivity index (χ4n) is 0.275. The molecule has 0 bridgehead atoms. The quantitative estimate of drug-likeness (QED) is 0.527. The average molecular weight is 144 g/mol. The average Bonchev–Trinajstić information content (AvgIpc) is 1.89. The molecule has 0 unspecified atom stereocenters. The smallest absolute Gasteiger partial charge is 0.0485 e. The van der Waals surface area contributed by atoms with E-state index in [0.717, 1.165) is 5.70 Å². The van der Waals surface area contributed by atoms with Crippen molar-refractivity contribution in [1.82, 2.24) is 0 Å². The third kappa shape index (κ3) is 5.31. The highest BCUT2D eigenvalue weighted by Gasteiger charge is 1.73. The second kappa shape index (κ2) is 5.57. The van der Waals surface area contributed by atoms with Gasteiger partial charge in [-0.15, -0.1) is 0 Å². The first-order valence-corrected chi connectivity index (χ1v) is 3.17. The molecule has 0 atom stereocenters. The molecule has 1 nitrogen and oxygen atoms in total. The topological polar surface area (TPSA) is 12.4 Å². The van der Waals surface area contributed by atoms with Crippen molar-refractivity contribution in [1.29, 1.82) is 0 Å². The van der Waals surface area contributed by atoms with Gasteiger partial charge in [-0.25, -0.2) is 0 Å². The van der Waals surface area contributed by atoms with Gasteiger partial charge in [0.2, 0.25) is 0 Å². The Morgan fingerprint density at radius 1 is 1.56 bits per heavy atom. The summed E-state index contributed by atoms with van der Waals surface area (Å²) in [5.41, 5.74) is 2.26. The zero-order chi connectivity index (χ0) is 7.11. The molecule has 0 saturated heterocycles. The normalized spacial score (nSPS) is 13.9. The molecule has 2 heteroatoms. The Labute approximate surface area is 60.7 Å². The zero-order valence-electron chi connectivity index (χ0n) is 5.63. The summed E-state index contributed by atoms with van der Waals surface area (Å²) in [4.78, 5) is 3.95. The Balaban J connectivity index is 3.71. The summed E-state index contributed by atoms with van der Waals surface area (Å²) in [6.45, 7) is 3.78. The SMILES string of the molecule is C\C=C/C=N\C(C)=C\Cl. The van der Waals surface area contributed by atoms with Crippen LogP contribution < -0.4 is 0 Å². The Morgan fingerprint density at radius 2 is 2.22 bits per heavy atom. The Morgan fingerprint density at radius 3 is 2.67 bits per heavy atom. The molecule has 0 amide bonds. The molecule has 0 aromatic rings. The van der Waals surface area contributed by atoms with E-state index in [1.54, 1.807) is 6.21 Å². The first kappa shape index (κ1) is 8.44. The molecule has 0 rings (SSSR count). The molecule has 0 aliphatic rings. The Bertz CT molecular complexity index is 145. The van der Waals surface area contributed by atoms with Gasteiger partial charge in [0.15, 0.2) is 0 Å². The molecule has 0 heterocycles. The number of hydrogen-bond acceptors (Lipinski definition) is 1. The highest BCUT2D eigenvalue weighted by Crippen LogP contribution is 1.94. The standard InChI is InChI=1S/C7H10ClN/c1-3-4-5-9-7(2)6-8/h3-6H,1-2H3/b4-3-,7-6+,9-5-. The second-order valence-corrected chi connectivity index (χ2v) is 1.77. The van der Waals surface area contributed by atoms with E-state index in [1.165, 1.54) is 5.54 Å². The third-order valence-electron chi connectivity index (χ3n) is 0.715. The fraction of sp³-hybridized carbons (Fsp3) is 0.286. The van der Waals surface area contributed by atoms with Crippen LogP contribution in [0, 0.1) is 0 Å². The van der Waals surface area contributed by atoms with Crippen LogP contribution in [0.4, 0.5) is 0 Å². The Kier molecular flexibility index (Phi) is 5.23. The molecule has 0 N–H and O–H groups in total. The van der Waals surface area contributed by atoms with Gasteiger partial charge in [-0.3, -0.25) is 4.99 Å². The van der Waals surface area contributed by atoms with E-state index < -0.39 is 0 Å². The van der Waals surface area contributed by atoms with E-state index in [2.05, 4.69) is 4.99 Å².